The van der Waals surface area contributed by atoms with Crippen LogP contribution in [0.4, 0.5) is 13.2 Å². The lowest BCUT2D eigenvalue weighted by atomic mass is 10.2. The van der Waals surface area contributed by atoms with E-state index in [1.165, 1.54) is 18.4 Å². The maximum Gasteiger partial charge on any atom is 0.417 e. The van der Waals surface area contributed by atoms with Gasteiger partial charge in [-0.25, -0.2) is 4.98 Å². The van der Waals surface area contributed by atoms with Gasteiger partial charge in [0.05, 0.1) is 37.6 Å². The Hall–Kier alpha value is -2.81. The van der Waals surface area contributed by atoms with Crippen molar-refractivity contribution in [3.63, 3.8) is 0 Å². The highest BCUT2D eigenvalue weighted by Crippen LogP contribution is 2.35. The first-order chi connectivity index (χ1) is 12.8. The zero-order valence-corrected chi connectivity index (χ0v) is 15.2. The molecule has 2 heterocycles. The number of hydrogen-bond donors (Lipinski definition) is 0. The maximum atomic E-state index is 12.9. The molecule has 142 valence electrons. The standard InChI is InChI=1S/C18H15F3N2O3S/c1-25-13-4-5-14(15(7-13)26-2)17-22-12(10-27-17)9-23-8-11(18(19,20)21)3-6-16(23)24/h3-8,10H,9H2,1-2H3. The van der Waals surface area contributed by atoms with E-state index in [1.807, 2.05) is 0 Å². The van der Waals surface area contributed by atoms with Crippen molar-refractivity contribution in [3.05, 3.63) is 63.5 Å². The highest BCUT2D eigenvalue weighted by atomic mass is 32.1. The largest absolute Gasteiger partial charge is 0.497 e. The van der Waals surface area contributed by atoms with Crippen molar-refractivity contribution < 1.29 is 22.6 Å². The number of halogens is 3. The van der Waals surface area contributed by atoms with Crippen molar-refractivity contribution >= 4 is 11.3 Å². The summed E-state index contributed by atoms with van der Waals surface area (Å²) < 4.78 is 50.1. The summed E-state index contributed by atoms with van der Waals surface area (Å²) in [6.45, 7) is -0.0578. The Morgan fingerprint density at radius 3 is 2.59 bits per heavy atom. The molecule has 0 aliphatic heterocycles. The van der Waals surface area contributed by atoms with E-state index in [0.29, 0.717) is 22.2 Å². The van der Waals surface area contributed by atoms with Crippen LogP contribution in [-0.2, 0) is 12.7 Å². The summed E-state index contributed by atoms with van der Waals surface area (Å²) >= 11 is 1.31. The van der Waals surface area contributed by atoms with Gasteiger partial charge in [-0.2, -0.15) is 13.2 Å². The van der Waals surface area contributed by atoms with E-state index in [2.05, 4.69) is 4.98 Å². The first-order valence-corrected chi connectivity index (χ1v) is 8.64. The predicted octanol–water partition coefficient (Wildman–Crippen LogP) is 4.06. The summed E-state index contributed by atoms with van der Waals surface area (Å²) in [4.78, 5) is 16.3. The van der Waals surface area contributed by atoms with Crippen molar-refractivity contribution in [2.24, 2.45) is 0 Å². The Morgan fingerprint density at radius 2 is 1.93 bits per heavy atom. The minimum atomic E-state index is -4.51. The smallest absolute Gasteiger partial charge is 0.417 e. The summed E-state index contributed by atoms with van der Waals surface area (Å²) in [6, 6.07) is 6.94. The molecule has 3 rings (SSSR count). The fraction of sp³-hybridized carbons (Fsp3) is 0.222. The van der Waals surface area contributed by atoms with E-state index < -0.39 is 17.3 Å². The summed E-state index contributed by atoms with van der Waals surface area (Å²) in [5, 5.41) is 2.33. The first kappa shape index (κ1) is 19.0. The number of nitrogens with zero attached hydrogens (tertiary/aromatic N) is 2. The van der Waals surface area contributed by atoms with Crippen molar-refractivity contribution in [1.29, 1.82) is 0 Å². The van der Waals surface area contributed by atoms with Crippen molar-refractivity contribution in [3.8, 4) is 22.1 Å². The molecule has 0 N–H and O–H groups in total. The molecule has 0 unspecified atom stereocenters. The van der Waals surface area contributed by atoms with Crippen molar-refractivity contribution in [1.82, 2.24) is 9.55 Å². The molecule has 0 aliphatic carbocycles. The average Bonchev–Trinajstić information content (AvgIpc) is 3.10. The zero-order chi connectivity index (χ0) is 19.6. The van der Waals surface area contributed by atoms with Gasteiger partial charge in [0.1, 0.15) is 16.5 Å². The molecule has 0 bridgehead atoms. The average molecular weight is 396 g/mol. The number of thiazole rings is 1. The highest BCUT2D eigenvalue weighted by molar-refractivity contribution is 7.13. The highest BCUT2D eigenvalue weighted by Gasteiger charge is 2.31. The molecule has 5 nitrogen and oxygen atoms in total. The van der Waals surface area contributed by atoms with Crippen molar-refractivity contribution in [2.75, 3.05) is 14.2 Å². The van der Waals surface area contributed by atoms with E-state index in [0.717, 1.165) is 28.5 Å². The number of benzene rings is 1. The first-order valence-electron chi connectivity index (χ1n) is 7.76. The van der Waals surface area contributed by atoms with Crippen LogP contribution >= 0.6 is 11.3 Å². The van der Waals surface area contributed by atoms with Crippen LogP contribution in [0.15, 0.2) is 46.7 Å². The second-order valence-electron chi connectivity index (χ2n) is 5.59. The van der Waals surface area contributed by atoms with Gasteiger partial charge in [0, 0.05) is 23.7 Å². The summed E-state index contributed by atoms with van der Waals surface area (Å²) in [6.07, 6.45) is -3.71. The zero-order valence-electron chi connectivity index (χ0n) is 14.4. The second kappa shape index (κ2) is 7.43. The number of rotatable bonds is 5. The van der Waals surface area contributed by atoms with Gasteiger partial charge in [-0.3, -0.25) is 4.79 Å². The van der Waals surface area contributed by atoms with Crippen molar-refractivity contribution in [2.45, 2.75) is 12.7 Å². The minimum Gasteiger partial charge on any atom is -0.497 e. The summed E-state index contributed by atoms with van der Waals surface area (Å²) in [5.41, 5.74) is -0.200. The number of methoxy groups -OCH3 is 2. The van der Waals surface area contributed by atoms with E-state index in [4.69, 9.17) is 9.47 Å². The lowest BCUT2D eigenvalue weighted by molar-refractivity contribution is -0.138. The molecule has 0 saturated heterocycles. The molecule has 1 aromatic carbocycles. The van der Waals surface area contributed by atoms with Gasteiger partial charge in [0.15, 0.2) is 0 Å². The van der Waals surface area contributed by atoms with Crippen LogP contribution in [0.5, 0.6) is 11.5 Å². The summed E-state index contributed by atoms with van der Waals surface area (Å²) in [7, 11) is 3.07. The topological polar surface area (TPSA) is 53.4 Å². The van der Waals surface area contributed by atoms with E-state index in [-0.39, 0.29) is 6.54 Å². The summed E-state index contributed by atoms with van der Waals surface area (Å²) in [5.74, 6) is 1.19. The van der Waals surface area contributed by atoms with Crippen LogP contribution in [0, 0.1) is 0 Å². The van der Waals surface area contributed by atoms with Crippen LogP contribution in [-0.4, -0.2) is 23.8 Å². The van der Waals surface area contributed by atoms with Gasteiger partial charge < -0.3 is 14.0 Å². The van der Waals surface area contributed by atoms with Gasteiger partial charge in [-0.05, 0) is 18.2 Å². The number of alkyl halides is 3. The number of pyridine rings is 1. The fourth-order valence-electron chi connectivity index (χ4n) is 2.48. The second-order valence-corrected chi connectivity index (χ2v) is 6.45. The van der Waals surface area contributed by atoms with Gasteiger partial charge in [-0.15, -0.1) is 11.3 Å². The molecule has 2 aromatic heterocycles. The van der Waals surface area contributed by atoms with E-state index in [1.54, 1.807) is 30.7 Å². The molecular weight excluding hydrogens is 381 g/mol. The molecule has 0 aliphatic rings. The normalized spacial score (nSPS) is 11.4. The van der Waals surface area contributed by atoms with Gasteiger partial charge in [0.25, 0.3) is 5.56 Å². The number of ether oxygens (including phenoxy) is 2. The Kier molecular flexibility index (Phi) is 5.22. The Labute approximate surface area is 156 Å². The third-order valence-corrected chi connectivity index (χ3v) is 4.76. The monoisotopic (exact) mass is 396 g/mol. The van der Waals surface area contributed by atoms with Gasteiger partial charge in [-0.1, -0.05) is 0 Å². The molecule has 0 radical (unpaired) electrons. The van der Waals surface area contributed by atoms with E-state index >= 15 is 0 Å². The molecule has 0 atom stereocenters. The molecule has 0 saturated carbocycles. The quantitative estimate of drug-likeness (QED) is 0.653. The molecule has 0 spiro atoms. The Bertz CT molecular complexity index is 1010. The van der Waals surface area contributed by atoms with Crippen LogP contribution in [0.1, 0.15) is 11.3 Å². The molecule has 9 heteroatoms. The predicted molar refractivity (Wildman–Crippen MR) is 95.5 cm³/mol. The SMILES string of the molecule is COc1ccc(-c2nc(Cn3cc(C(F)(F)F)ccc3=O)cs2)c(OC)c1. The van der Waals surface area contributed by atoms with E-state index in [9.17, 15) is 18.0 Å². The third kappa shape index (κ3) is 4.13. The Balaban J connectivity index is 1.91. The Morgan fingerprint density at radius 1 is 1.15 bits per heavy atom. The molecule has 0 amide bonds. The molecule has 27 heavy (non-hydrogen) atoms. The fourth-order valence-corrected chi connectivity index (χ4v) is 3.32. The number of hydrogen-bond acceptors (Lipinski definition) is 5. The molecule has 3 aromatic rings. The van der Waals surface area contributed by atoms with Crippen LogP contribution < -0.4 is 15.0 Å². The maximum absolute atomic E-state index is 12.9. The van der Waals surface area contributed by atoms with Crippen LogP contribution in [0.2, 0.25) is 0 Å². The lowest BCUT2D eigenvalue weighted by Gasteiger charge is -2.10. The third-order valence-electron chi connectivity index (χ3n) is 3.83. The van der Waals surface area contributed by atoms with Crippen LogP contribution in [0.3, 0.4) is 0 Å². The molecular formula is C18H15F3N2O3S. The van der Waals surface area contributed by atoms with Gasteiger partial charge in [0.2, 0.25) is 0 Å². The van der Waals surface area contributed by atoms with Gasteiger partial charge >= 0.3 is 6.18 Å². The molecule has 0 fully saturated rings. The van der Waals surface area contributed by atoms with Crippen LogP contribution in [0.25, 0.3) is 10.6 Å². The number of aromatic nitrogens is 2. The minimum absolute atomic E-state index is 0.0578. The lowest BCUT2D eigenvalue weighted by Crippen LogP contribution is -2.22.